The molecule has 3 heterocycles. The third-order valence-electron chi connectivity index (χ3n) is 2.92. The van der Waals surface area contributed by atoms with Crippen molar-refractivity contribution in [2.75, 3.05) is 6.61 Å². The molecule has 0 saturated carbocycles. The summed E-state index contributed by atoms with van der Waals surface area (Å²) in [6, 6.07) is 1.67. The van der Waals surface area contributed by atoms with Gasteiger partial charge < -0.3 is 14.0 Å². The average molecular weight is 283 g/mol. The normalized spacial score (nSPS) is 19.7. The van der Waals surface area contributed by atoms with Crippen LogP contribution < -0.4 is 16.2 Å². The van der Waals surface area contributed by atoms with E-state index >= 15 is 0 Å². The average Bonchev–Trinajstić information content (AvgIpc) is 2.76. The molecule has 1 aliphatic heterocycles. The number of thiophene rings is 1. The highest BCUT2D eigenvalue weighted by Crippen LogP contribution is 2.20. The van der Waals surface area contributed by atoms with Crippen LogP contribution in [0.15, 0.2) is 20.1 Å². The van der Waals surface area contributed by atoms with E-state index in [1.165, 1.54) is 11.3 Å². The van der Waals surface area contributed by atoms with E-state index in [9.17, 15) is 9.59 Å². The lowest BCUT2D eigenvalue weighted by Gasteiger charge is -2.22. The van der Waals surface area contributed by atoms with Crippen molar-refractivity contribution in [3.63, 3.8) is 0 Å². The highest BCUT2D eigenvalue weighted by Gasteiger charge is 2.20. The Morgan fingerprint density at radius 3 is 3.00 bits per heavy atom. The molecule has 2 aromatic heterocycles. The Morgan fingerprint density at radius 2 is 2.26 bits per heavy atom. The van der Waals surface area contributed by atoms with Gasteiger partial charge in [-0.15, -0.1) is 11.3 Å². The summed E-state index contributed by atoms with van der Waals surface area (Å²) in [4.78, 5) is 30.1. The summed E-state index contributed by atoms with van der Waals surface area (Å²) in [5.41, 5.74) is -0.180. The van der Waals surface area contributed by atoms with Gasteiger partial charge in [-0.25, -0.2) is 4.79 Å². The lowest BCUT2D eigenvalue weighted by Crippen LogP contribution is -2.43. The first kappa shape index (κ1) is 12.4. The fourth-order valence-corrected chi connectivity index (χ4v) is 2.89. The summed E-state index contributed by atoms with van der Waals surface area (Å²) in [6.45, 7) is 2.42. The molecule has 1 atom stereocenters. The Bertz CT molecular complexity index is 707. The Balaban J connectivity index is 2.02. The van der Waals surface area contributed by atoms with Crippen LogP contribution in [0, 0.1) is 6.92 Å². The zero-order valence-corrected chi connectivity index (χ0v) is 11.2. The zero-order valence-electron chi connectivity index (χ0n) is 10.4. The zero-order chi connectivity index (χ0) is 13.4. The number of aromatic nitrogens is 1. The third kappa shape index (κ3) is 2.31. The van der Waals surface area contributed by atoms with Gasteiger partial charge >= 0.3 is 11.3 Å². The summed E-state index contributed by atoms with van der Waals surface area (Å²) in [7, 11) is 0. The SMILES string of the molecule is Cc1cc2oc(=O)n(OC3CCCCO3)c(=O)c2s1. The van der Waals surface area contributed by atoms with E-state index in [-0.39, 0.29) is 0 Å². The number of rotatable bonds is 2. The van der Waals surface area contributed by atoms with Gasteiger partial charge in [0.05, 0.1) is 6.61 Å². The van der Waals surface area contributed by atoms with Crippen LogP contribution in [0.1, 0.15) is 24.1 Å². The fraction of sp³-hybridized carbons (Fsp3) is 0.500. The molecule has 2 aromatic rings. The molecule has 1 unspecified atom stereocenters. The minimum Gasteiger partial charge on any atom is -0.406 e. The van der Waals surface area contributed by atoms with Crippen LogP contribution in [0.25, 0.3) is 10.3 Å². The van der Waals surface area contributed by atoms with Gasteiger partial charge in [-0.05, 0) is 25.8 Å². The molecular weight excluding hydrogens is 270 g/mol. The molecule has 1 saturated heterocycles. The highest BCUT2D eigenvalue weighted by molar-refractivity contribution is 7.18. The van der Waals surface area contributed by atoms with Crippen molar-refractivity contribution in [3.05, 3.63) is 31.8 Å². The number of hydrogen-bond donors (Lipinski definition) is 0. The van der Waals surface area contributed by atoms with Crippen LogP contribution in [0.5, 0.6) is 0 Å². The summed E-state index contributed by atoms with van der Waals surface area (Å²) in [5.74, 6) is -0.815. The molecular formula is C12H13NO5S. The van der Waals surface area contributed by atoms with Crippen molar-refractivity contribution >= 4 is 21.6 Å². The molecule has 0 spiro atoms. The minimum atomic E-state index is -0.815. The quantitative estimate of drug-likeness (QED) is 0.830. The molecule has 6 nitrogen and oxygen atoms in total. The van der Waals surface area contributed by atoms with Gasteiger partial charge in [0.2, 0.25) is 6.29 Å². The molecule has 0 aromatic carbocycles. The maximum Gasteiger partial charge on any atom is 0.456 e. The van der Waals surface area contributed by atoms with E-state index in [0.29, 0.717) is 28.0 Å². The predicted molar refractivity (Wildman–Crippen MR) is 69.5 cm³/mol. The van der Waals surface area contributed by atoms with Gasteiger partial charge in [0.25, 0.3) is 0 Å². The van der Waals surface area contributed by atoms with E-state index in [4.69, 9.17) is 14.0 Å². The number of aryl methyl sites for hydroxylation is 1. The predicted octanol–water partition coefficient (Wildman–Crippen LogP) is 1.28. The van der Waals surface area contributed by atoms with E-state index in [1.807, 2.05) is 6.92 Å². The first-order chi connectivity index (χ1) is 9.15. The van der Waals surface area contributed by atoms with Crippen molar-refractivity contribution in [1.82, 2.24) is 4.73 Å². The van der Waals surface area contributed by atoms with Crippen molar-refractivity contribution < 1.29 is 14.0 Å². The van der Waals surface area contributed by atoms with Crippen molar-refractivity contribution in [2.45, 2.75) is 32.5 Å². The Morgan fingerprint density at radius 1 is 1.42 bits per heavy atom. The van der Waals surface area contributed by atoms with Gasteiger partial charge in [-0.1, -0.05) is 4.73 Å². The van der Waals surface area contributed by atoms with Crippen molar-refractivity contribution in [3.8, 4) is 0 Å². The molecule has 19 heavy (non-hydrogen) atoms. The first-order valence-corrected chi connectivity index (χ1v) is 6.92. The van der Waals surface area contributed by atoms with Gasteiger partial charge in [0.15, 0.2) is 5.58 Å². The molecule has 1 aliphatic rings. The topological polar surface area (TPSA) is 70.7 Å². The van der Waals surface area contributed by atoms with Gasteiger partial charge in [0, 0.05) is 11.3 Å². The van der Waals surface area contributed by atoms with E-state index in [0.717, 1.165) is 17.7 Å². The van der Waals surface area contributed by atoms with Crippen LogP contribution >= 0.6 is 11.3 Å². The molecule has 102 valence electrons. The Hall–Kier alpha value is -1.60. The lowest BCUT2D eigenvalue weighted by atomic mass is 10.2. The molecule has 3 rings (SSSR count). The second-order valence-corrected chi connectivity index (χ2v) is 5.68. The maximum absolute atomic E-state index is 12.2. The van der Waals surface area contributed by atoms with Crippen LogP contribution in [-0.4, -0.2) is 17.6 Å². The molecule has 0 aliphatic carbocycles. The second-order valence-electron chi connectivity index (χ2n) is 4.42. The summed E-state index contributed by atoms with van der Waals surface area (Å²) in [5, 5.41) is 0. The smallest absolute Gasteiger partial charge is 0.406 e. The molecule has 0 bridgehead atoms. The molecule has 1 fully saturated rings. The molecule has 0 amide bonds. The van der Waals surface area contributed by atoms with E-state index in [2.05, 4.69) is 0 Å². The van der Waals surface area contributed by atoms with Gasteiger partial charge in [-0.3, -0.25) is 4.79 Å². The number of fused-ring (bicyclic) bond motifs is 1. The van der Waals surface area contributed by atoms with Crippen LogP contribution in [0.4, 0.5) is 0 Å². The number of ether oxygens (including phenoxy) is 1. The molecule has 0 radical (unpaired) electrons. The van der Waals surface area contributed by atoms with Crippen LogP contribution in [0.2, 0.25) is 0 Å². The van der Waals surface area contributed by atoms with E-state index < -0.39 is 17.6 Å². The largest absolute Gasteiger partial charge is 0.456 e. The lowest BCUT2D eigenvalue weighted by molar-refractivity contribution is -0.171. The Kier molecular flexibility index (Phi) is 3.16. The van der Waals surface area contributed by atoms with Crippen molar-refractivity contribution in [2.24, 2.45) is 0 Å². The second kappa shape index (κ2) is 4.82. The summed E-state index contributed by atoms with van der Waals surface area (Å²) in [6.07, 6.45) is 2.01. The Labute approximate surface area is 112 Å². The number of nitrogens with zero attached hydrogens (tertiary/aromatic N) is 1. The first-order valence-electron chi connectivity index (χ1n) is 6.10. The van der Waals surface area contributed by atoms with Gasteiger partial charge in [-0.2, -0.15) is 0 Å². The monoisotopic (exact) mass is 283 g/mol. The number of hydrogen-bond acceptors (Lipinski definition) is 6. The third-order valence-corrected chi connectivity index (χ3v) is 3.94. The summed E-state index contributed by atoms with van der Waals surface area (Å²) >= 11 is 1.28. The highest BCUT2D eigenvalue weighted by atomic mass is 32.1. The molecule has 7 heteroatoms. The molecule has 0 N–H and O–H groups in total. The van der Waals surface area contributed by atoms with Crippen LogP contribution in [0.3, 0.4) is 0 Å². The fourth-order valence-electron chi connectivity index (χ4n) is 2.03. The standard InChI is InChI=1S/C12H13NO5S/c1-7-6-8-10(19-7)11(14)13(12(15)17-8)18-9-4-2-3-5-16-9/h6,9H,2-5H2,1H3. The minimum absolute atomic E-state index is 0.307. The maximum atomic E-state index is 12.2. The van der Waals surface area contributed by atoms with Crippen molar-refractivity contribution in [1.29, 1.82) is 0 Å². The van der Waals surface area contributed by atoms with Crippen LogP contribution in [-0.2, 0) is 4.74 Å². The van der Waals surface area contributed by atoms with E-state index in [1.54, 1.807) is 6.07 Å². The summed E-state index contributed by atoms with van der Waals surface area (Å²) < 4.78 is 11.5. The van der Waals surface area contributed by atoms with Gasteiger partial charge in [0.1, 0.15) is 4.70 Å².